The molecule has 0 aliphatic heterocycles. The largest absolute Gasteiger partial charge is 0.505 e. The number of carbonyl (C=O) groups is 1. The molecule has 0 saturated heterocycles. The van der Waals surface area contributed by atoms with E-state index in [-0.39, 0.29) is 16.5 Å². The Labute approximate surface area is 64.3 Å². The monoisotopic (exact) mass is 176 g/mol. The van der Waals surface area contributed by atoms with Gasteiger partial charge in [0.25, 0.3) is 0 Å². The van der Waals surface area contributed by atoms with Gasteiger partial charge in [0.1, 0.15) is 0 Å². The van der Waals surface area contributed by atoms with Gasteiger partial charge in [-0.3, -0.25) is 0 Å². The standard InChI is InChI=1S/C5H10O3.Ni/c1-2-3-4-8-5(6)7;/h2-4H2,1H3,(H,6,7);. The normalized spacial score (nSPS) is 7.67. The van der Waals surface area contributed by atoms with Crippen molar-refractivity contribution in [3.05, 3.63) is 0 Å². The zero-order valence-corrected chi connectivity index (χ0v) is 6.19. The van der Waals surface area contributed by atoms with Crippen molar-refractivity contribution in [3.8, 4) is 0 Å². The molecular weight excluding hydrogens is 167 g/mol. The zero-order valence-electron chi connectivity index (χ0n) is 5.20. The predicted molar refractivity (Wildman–Crippen MR) is 28.9 cm³/mol. The minimum Gasteiger partial charge on any atom is -0.450 e. The maximum atomic E-state index is 9.65. The van der Waals surface area contributed by atoms with E-state index in [9.17, 15) is 4.79 Å². The van der Waals surface area contributed by atoms with Gasteiger partial charge in [0.05, 0.1) is 6.61 Å². The van der Waals surface area contributed by atoms with Gasteiger partial charge in [0.15, 0.2) is 0 Å². The Kier molecular flexibility index (Phi) is 9.96. The van der Waals surface area contributed by atoms with Crippen LogP contribution < -0.4 is 0 Å². The first-order chi connectivity index (χ1) is 3.77. The molecule has 58 valence electrons. The van der Waals surface area contributed by atoms with Crippen molar-refractivity contribution in [2.45, 2.75) is 19.8 Å². The fourth-order valence-corrected chi connectivity index (χ4v) is 0.304. The van der Waals surface area contributed by atoms with Crippen LogP contribution in [0.25, 0.3) is 0 Å². The fraction of sp³-hybridized carbons (Fsp3) is 0.800. The van der Waals surface area contributed by atoms with Crippen molar-refractivity contribution < 1.29 is 31.1 Å². The van der Waals surface area contributed by atoms with Crippen LogP contribution in [-0.2, 0) is 21.2 Å². The number of rotatable bonds is 3. The van der Waals surface area contributed by atoms with Crippen LogP contribution in [-0.4, -0.2) is 17.9 Å². The van der Waals surface area contributed by atoms with E-state index in [0.717, 1.165) is 12.8 Å². The first kappa shape index (κ1) is 11.5. The minimum atomic E-state index is -1.18. The molecular formula is C5H10NiO3. The van der Waals surface area contributed by atoms with E-state index in [1.807, 2.05) is 6.92 Å². The second-order valence-corrected chi connectivity index (χ2v) is 1.47. The van der Waals surface area contributed by atoms with E-state index in [0.29, 0.717) is 6.61 Å². The molecule has 1 N–H and O–H groups in total. The summed E-state index contributed by atoms with van der Waals surface area (Å²) in [5, 5.41) is 7.92. The number of hydrogen-bond donors (Lipinski definition) is 1. The van der Waals surface area contributed by atoms with E-state index in [1.54, 1.807) is 0 Å². The molecule has 0 aliphatic carbocycles. The Balaban J connectivity index is 0. The Morgan fingerprint density at radius 3 is 2.56 bits per heavy atom. The molecule has 9 heavy (non-hydrogen) atoms. The summed E-state index contributed by atoms with van der Waals surface area (Å²) in [6.07, 6.45) is 0.595. The number of unbranched alkanes of at least 4 members (excludes halogenated alkanes) is 1. The Bertz CT molecular complexity index is 74.6. The Morgan fingerprint density at radius 1 is 1.67 bits per heavy atom. The smallest absolute Gasteiger partial charge is 0.450 e. The van der Waals surface area contributed by atoms with E-state index < -0.39 is 6.16 Å². The van der Waals surface area contributed by atoms with Crippen molar-refractivity contribution >= 4 is 6.16 Å². The molecule has 0 aromatic heterocycles. The van der Waals surface area contributed by atoms with Crippen LogP contribution >= 0.6 is 0 Å². The van der Waals surface area contributed by atoms with Gasteiger partial charge >= 0.3 is 6.16 Å². The first-order valence-corrected chi connectivity index (χ1v) is 2.63. The van der Waals surface area contributed by atoms with Gasteiger partial charge in [0.2, 0.25) is 0 Å². The van der Waals surface area contributed by atoms with Gasteiger partial charge in [-0.1, -0.05) is 13.3 Å². The number of hydrogen-bond acceptors (Lipinski definition) is 2. The molecule has 0 atom stereocenters. The SMILES string of the molecule is CCCCOC(=O)O.[Ni]. The number of carboxylic acid groups (broad SMARTS) is 1. The molecule has 0 aliphatic rings. The maximum Gasteiger partial charge on any atom is 0.505 e. The second-order valence-electron chi connectivity index (χ2n) is 1.47. The minimum absolute atomic E-state index is 0. The van der Waals surface area contributed by atoms with Gasteiger partial charge in [-0.2, -0.15) is 0 Å². The van der Waals surface area contributed by atoms with Crippen molar-refractivity contribution in [3.63, 3.8) is 0 Å². The molecule has 0 aromatic rings. The molecule has 4 heteroatoms. The quantitative estimate of drug-likeness (QED) is 0.403. The van der Waals surface area contributed by atoms with Gasteiger partial charge in [-0.15, -0.1) is 0 Å². The van der Waals surface area contributed by atoms with Gasteiger partial charge in [0, 0.05) is 16.5 Å². The van der Waals surface area contributed by atoms with E-state index in [4.69, 9.17) is 5.11 Å². The Morgan fingerprint density at radius 2 is 2.22 bits per heavy atom. The van der Waals surface area contributed by atoms with Crippen LogP contribution in [0.2, 0.25) is 0 Å². The molecule has 0 aromatic carbocycles. The average Bonchev–Trinajstić information content (AvgIpc) is 1.66. The molecule has 0 spiro atoms. The molecule has 0 radical (unpaired) electrons. The van der Waals surface area contributed by atoms with Crippen molar-refractivity contribution in [2.24, 2.45) is 0 Å². The van der Waals surface area contributed by atoms with Gasteiger partial charge < -0.3 is 9.84 Å². The van der Waals surface area contributed by atoms with Gasteiger partial charge in [-0.25, -0.2) is 4.79 Å². The third-order valence-corrected chi connectivity index (χ3v) is 0.723. The molecule has 0 unspecified atom stereocenters. The van der Waals surface area contributed by atoms with Gasteiger partial charge in [-0.05, 0) is 6.42 Å². The van der Waals surface area contributed by atoms with Crippen molar-refractivity contribution in [1.82, 2.24) is 0 Å². The van der Waals surface area contributed by atoms with E-state index in [2.05, 4.69) is 4.74 Å². The van der Waals surface area contributed by atoms with Crippen LogP contribution in [0.1, 0.15) is 19.8 Å². The Hall–Kier alpha value is -0.236. The summed E-state index contributed by atoms with van der Waals surface area (Å²) in [7, 11) is 0. The van der Waals surface area contributed by atoms with Crippen LogP contribution in [0.5, 0.6) is 0 Å². The molecule has 0 bridgehead atoms. The molecule has 0 saturated carbocycles. The molecule has 0 amide bonds. The summed E-state index contributed by atoms with van der Waals surface area (Å²) in [5.74, 6) is 0. The molecule has 0 fully saturated rings. The van der Waals surface area contributed by atoms with Crippen LogP contribution in [0, 0.1) is 0 Å². The summed E-state index contributed by atoms with van der Waals surface area (Å²) in [6.45, 7) is 2.30. The predicted octanol–water partition coefficient (Wildman–Crippen LogP) is 1.48. The topological polar surface area (TPSA) is 46.5 Å². The van der Waals surface area contributed by atoms with Crippen LogP contribution in [0.3, 0.4) is 0 Å². The second kappa shape index (κ2) is 7.76. The summed E-state index contributed by atoms with van der Waals surface area (Å²) >= 11 is 0. The third kappa shape index (κ3) is 11.4. The summed E-state index contributed by atoms with van der Waals surface area (Å²) in [6, 6.07) is 0. The van der Waals surface area contributed by atoms with Crippen LogP contribution in [0.15, 0.2) is 0 Å². The zero-order chi connectivity index (χ0) is 6.41. The average molecular weight is 177 g/mol. The van der Waals surface area contributed by atoms with E-state index >= 15 is 0 Å². The third-order valence-electron chi connectivity index (χ3n) is 0.723. The summed E-state index contributed by atoms with van der Waals surface area (Å²) in [4.78, 5) is 9.65. The fourth-order valence-electron chi connectivity index (χ4n) is 0.304. The maximum absolute atomic E-state index is 9.65. The molecule has 0 rings (SSSR count). The molecule has 0 heterocycles. The van der Waals surface area contributed by atoms with E-state index in [1.165, 1.54) is 0 Å². The van der Waals surface area contributed by atoms with Crippen molar-refractivity contribution in [2.75, 3.05) is 6.61 Å². The van der Waals surface area contributed by atoms with Crippen molar-refractivity contribution in [1.29, 1.82) is 0 Å². The summed E-state index contributed by atoms with van der Waals surface area (Å²) in [5.41, 5.74) is 0. The first-order valence-electron chi connectivity index (χ1n) is 2.63. The molecule has 3 nitrogen and oxygen atoms in total. The summed E-state index contributed by atoms with van der Waals surface area (Å²) < 4.78 is 4.20. The van der Waals surface area contributed by atoms with Crippen LogP contribution in [0.4, 0.5) is 4.79 Å². The number of ether oxygens (including phenoxy) is 1.